The summed E-state index contributed by atoms with van der Waals surface area (Å²) in [4.78, 5) is 4.32. The van der Waals surface area contributed by atoms with Crippen molar-refractivity contribution in [2.75, 3.05) is 12.4 Å². The molecule has 0 aliphatic rings. The van der Waals surface area contributed by atoms with E-state index in [1.165, 1.54) is 5.56 Å². The first-order valence-electron chi connectivity index (χ1n) is 6.69. The molecular formula is C16H16N4O. The largest absolute Gasteiger partial charge is 0.481 e. The number of aromatic amines is 1. The Bertz CT molecular complexity index is 693. The summed E-state index contributed by atoms with van der Waals surface area (Å²) in [5, 5.41) is 10.2. The molecule has 3 aromatic rings. The number of ether oxygens (including phenoxy) is 1. The lowest BCUT2D eigenvalue weighted by atomic mass is 10.1. The van der Waals surface area contributed by atoms with Gasteiger partial charge in [-0.25, -0.2) is 0 Å². The van der Waals surface area contributed by atoms with Gasteiger partial charge in [-0.2, -0.15) is 10.1 Å². The molecule has 0 unspecified atom stereocenters. The first-order chi connectivity index (χ1) is 10.3. The third kappa shape index (κ3) is 3.20. The smallest absolute Gasteiger partial charge is 0.214 e. The van der Waals surface area contributed by atoms with Crippen LogP contribution in [0, 0.1) is 0 Å². The lowest BCUT2D eigenvalue weighted by Crippen LogP contribution is -2.01. The zero-order valence-electron chi connectivity index (χ0n) is 11.7. The van der Waals surface area contributed by atoms with Gasteiger partial charge < -0.3 is 10.1 Å². The topological polar surface area (TPSA) is 62.8 Å². The summed E-state index contributed by atoms with van der Waals surface area (Å²) in [6.45, 7) is 0.712. The van der Waals surface area contributed by atoms with Crippen LogP contribution in [0.5, 0.6) is 5.88 Å². The Balaban J connectivity index is 1.65. The minimum atomic E-state index is 0.606. The van der Waals surface area contributed by atoms with Crippen LogP contribution in [-0.4, -0.2) is 22.3 Å². The number of methoxy groups -OCH3 is 1. The van der Waals surface area contributed by atoms with E-state index in [2.05, 4.69) is 44.8 Å². The van der Waals surface area contributed by atoms with Crippen molar-refractivity contribution in [3.05, 3.63) is 60.3 Å². The predicted octanol–water partition coefficient (Wildman–Crippen LogP) is 3.09. The lowest BCUT2D eigenvalue weighted by molar-refractivity contribution is 0.398. The molecule has 5 nitrogen and oxygen atoms in total. The number of H-pyrrole nitrogens is 1. The van der Waals surface area contributed by atoms with Crippen LogP contribution >= 0.6 is 0 Å². The van der Waals surface area contributed by atoms with Crippen molar-refractivity contribution in [3.8, 4) is 17.1 Å². The zero-order valence-corrected chi connectivity index (χ0v) is 11.7. The van der Waals surface area contributed by atoms with Crippen LogP contribution in [0.15, 0.2) is 54.7 Å². The molecule has 0 bridgehead atoms. The number of aromatic nitrogens is 3. The van der Waals surface area contributed by atoms with Crippen LogP contribution in [0.1, 0.15) is 5.56 Å². The van der Waals surface area contributed by atoms with Gasteiger partial charge in [0.15, 0.2) is 0 Å². The van der Waals surface area contributed by atoms with E-state index in [1.807, 2.05) is 24.3 Å². The Labute approximate surface area is 123 Å². The van der Waals surface area contributed by atoms with Crippen molar-refractivity contribution < 1.29 is 4.74 Å². The molecule has 0 aliphatic carbocycles. The molecule has 21 heavy (non-hydrogen) atoms. The minimum absolute atomic E-state index is 0.606. The fraction of sp³-hybridized carbons (Fsp3) is 0.125. The molecule has 5 heteroatoms. The molecule has 3 rings (SSSR count). The number of nitrogens with zero attached hydrogens (tertiary/aromatic N) is 2. The Morgan fingerprint density at radius 3 is 2.67 bits per heavy atom. The highest BCUT2D eigenvalue weighted by Gasteiger charge is 2.00. The molecule has 0 aliphatic heterocycles. The third-order valence-electron chi connectivity index (χ3n) is 3.17. The van der Waals surface area contributed by atoms with E-state index < -0.39 is 0 Å². The molecule has 0 fully saturated rings. The quantitative estimate of drug-likeness (QED) is 0.754. The zero-order chi connectivity index (χ0) is 14.5. The number of nitrogens with one attached hydrogen (secondary N) is 2. The number of hydrogen-bond donors (Lipinski definition) is 2. The molecule has 2 aromatic heterocycles. The number of pyridine rings is 1. The van der Waals surface area contributed by atoms with E-state index in [1.54, 1.807) is 13.3 Å². The van der Waals surface area contributed by atoms with Crippen molar-refractivity contribution in [2.24, 2.45) is 0 Å². The maximum atomic E-state index is 5.10. The second-order valence-corrected chi connectivity index (χ2v) is 4.59. The van der Waals surface area contributed by atoms with Crippen LogP contribution in [0.3, 0.4) is 0 Å². The van der Waals surface area contributed by atoms with Gasteiger partial charge in [0, 0.05) is 18.8 Å². The molecule has 0 radical (unpaired) electrons. The highest BCUT2D eigenvalue weighted by atomic mass is 16.5. The van der Waals surface area contributed by atoms with Gasteiger partial charge in [0.25, 0.3) is 0 Å². The Morgan fingerprint density at radius 2 is 1.95 bits per heavy atom. The van der Waals surface area contributed by atoms with Crippen molar-refractivity contribution in [1.82, 2.24) is 15.2 Å². The molecule has 2 N–H and O–H groups in total. The summed E-state index contributed by atoms with van der Waals surface area (Å²) in [7, 11) is 1.61. The molecule has 0 atom stereocenters. The standard InChI is InChI=1S/C16H16N4O/c1-21-16-4-2-3-15(19-16)17-11-12-5-7-13(8-6-12)14-9-10-18-20-14/h2-10H,11H2,1H3,(H,17,19)(H,18,20). The van der Waals surface area contributed by atoms with Gasteiger partial charge in [0.2, 0.25) is 5.88 Å². The minimum Gasteiger partial charge on any atom is -0.481 e. The van der Waals surface area contributed by atoms with E-state index in [0.717, 1.165) is 17.1 Å². The SMILES string of the molecule is COc1cccc(NCc2ccc(-c3ccn[nH]3)cc2)n1. The van der Waals surface area contributed by atoms with Crippen LogP contribution in [0.25, 0.3) is 11.3 Å². The van der Waals surface area contributed by atoms with E-state index in [9.17, 15) is 0 Å². The van der Waals surface area contributed by atoms with Gasteiger partial charge >= 0.3 is 0 Å². The molecule has 0 amide bonds. The van der Waals surface area contributed by atoms with Crippen LogP contribution in [-0.2, 0) is 6.54 Å². The molecular weight excluding hydrogens is 264 g/mol. The fourth-order valence-corrected chi connectivity index (χ4v) is 2.04. The number of anilines is 1. The summed E-state index contributed by atoms with van der Waals surface area (Å²) < 4.78 is 5.10. The first-order valence-corrected chi connectivity index (χ1v) is 6.69. The predicted molar refractivity (Wildman–Crippen MR) is 82.1 cm³/mol. The van der Waals surface area contributed by atoms with Crippen LogP contribution in [0.2, 0.25) is 0 Å². The highest BCUT2D eigenvalue weighted by molar-refractivity contribution is 5.58. The fourth-order valence-electron chi connectivity index (χ4n) is 2.04. The third-order valence-corrected chi connectivity index (χ3v) is 3.17. The molecule has 106 valence electrons. The summed E-state index contributed by atoms with van der Waals surface area (Å²) in [5.74, 6) is 1.40. The van der Waals surface area contributed by atoms with E-state index in [-0.39, 0.29) is 0 Å². The normalized spacial score (nSPS) is 10.3. The van der Waals surface area contributed by atoms with Crippen molar-refractivity contribution in [1.29, 1.82) is 0 Å². The molecule has 1 aromatic carbocycles. The number of hydrogen-bond acceptors (Lipinski definition) is 4. The van der Waals surface area contributed by atoms with Gasteiger partial charge in [-0.1, -0.05) is 30.3 Å². The maximum absolute atomic E-state index is 5.10. The van der Waals surface area contributed by atoms with E-state index in [4.69, 9.17) is 4.74 Å². The highest BCUT2D eigenvalue weighted by Crippen LogP contribution is 2.17. The van der Waals surface area contributed by atoms with Gasteiger partial charge in [-0.05, 0) is 23.3 Å². The Morgan fingerprint density at radius 1 is 1.10 bits per heavy atom. The summed E-state index contributed by atoms with van der Waals surface area (Å²) in [6.07, 6.45) is 1.75. The molecule has 0 saturated heterocycles. The van der Waals surface area contributed by atoms with Crippen molar-refractivity contribution in [3.63, 3.8) is 0 Å². The van der Waals surface area contributed by atoms with Gasteiger partial charge in [0.1, 0.15) is 5.82 Å². The Kier molecular flexibility index (Phi) is 3.82. The van der Waals surface area contributed by atoms with Gasteiger partial charge in [-0.15, -0.1) is 0 Å². The summed E-state index contributed by atoms with van der Waals surface area (Å²) in [6, 6.07) is 15.9. The monoisotopic (exact) mass is 280 g/mol. The van der Waals surface area contributed by atoms with E-state index in [0.29, 0.717) is 12.4 Å². The molecule has 0 spiro atoms. The lowest BCUT2D eigenvalue weighted by Gasteiger charge is -2.07. The summed E-state index contributed by atoms with van der Waals surface area (Å²) >= 11 is 0. The average molecular weight is 280 g/mol. The van der Waals surface area contributed by atoms with E-state index >= 15 is 0 Å². The molecule has 2 heterocycles. The van der Waals surface area contributed by atoms with Gasteiger partial charge in [-0.3, -0.25) is 5.10 Å². The van der Waals surface area contributed by atoms with Crippen LogP contribution in [0.4, 0.5) is 5.82 Å². The Hall–Kier alpha value is -2.82. The van der Waals surface area contributed by atoms with Gasteiger partial charge in [0.05, 0.1) is 12.8 Å². The van der Waals surface area contributed by atoms with Crippen molar-refractivity contribution in [2.45, 2.75) is 6.54 Å². The number of rotatable bonds is 5. The second kappa shape index (κ2) is 6.09. The average Bonchev–Trinajstić information content (AvgIpc) is 3.08. The number of benzene rings is 1. The van der Waals surface area contributed by atoms with Crippen molar-refractivity contribution >= 4 is 5.82 Å². The summed E-state index contributed by atoms with van der Waals surface area (Å²) in [5.41, 5.74) is 3.32. The van der Waals surface area contributed by atoms with Crippen LogP contribution < -0.4 is 10.1 Å². The molecule has 0 saturated carbocycles. The first kappa shape index (κ1) is 13.2. The maximum Gasteiger partial charge on any atom is 0.214 e. The second-order valence-electron chi connectivity index (χ2n) is 4.59.